The van der Waals surface area contributed by atoms with Gasteiger partial charge in [-0.25, -0.2) is 4.79 Å². The molecule has 1 aromatic rings. The van der Waals surface area contributed by atoms with Gasteiger partial charge in [-0.2, -0.15) is 0 Å². The third-order valence-electron chi connectivity index (χ3n) is 1.82. The number of nitrogen functional groups attached to an aromatic ring is 1. The van der Waals surface area contributed by atoms with E-state index in [1.54, 1.807) is 19.1 Å². The van der Waals surface area contributed by atoms with Crippen LogP contribution in [0.5, 0.6) is 0 Å². The molecule has 70 valence electrons. The average molecular weight is 179 g/mol. The van der Waals surface area contributed by atoms with E-state index in [1.165, 1.54) is 0 Å². The van der Waals surface area contributed by atoms with Crippen molar-refractivity contribution in [1.29, 1.82) is 0 Å². The van der Waals surface area contributed by atoms with Crippen LogP contribution in [-0.2, 0) is 4.74 Å². The van der Waals surface area contributed by atoms with Gasteiger partial charge in [-0.1, -0.05) is 12.1 Å². The van der Waals surface area contributed by atoms with Gasteiger partial charge in [0.05, 0.1) is 12.2 Å². The van der Waals surface area contributed by atoms with E-state index < -0.39 is 0 Å². The number of hydrogen-bond acceptors (Lipinski definition) is 3. The van der Waals surface area contributed by atoms with Crippen LogP contribution in [0.3, 0.4) is 0 Å². The number of esters is 1. The Morgan fingerprint density at radius 3 is 2.85 bits per heavy atom. The molecule has 0 bridgehead atoms. The molecular formula is C10H13NO2. The van der Waals surface area contributed by atoms with Crippen LogP contribution in [0.2, 0.25) is 0 Å². The van der Waals surface area contributed by atoms with Gasteiger partial charge >= 0.3 is 5.97 Å². The minimum absolute atomic E-state index is 0.358. The third-order valence-corrected chi connectivity index (χ3v) is 1.82. The van der Waals surface area contributed by atoms with Gasteiger partial charge in [0.15, 0.2) is 0 Å². The molecule has 1 aromatic carbocycles. The lowest BCUT2D eigenvalue weighted by molar-refractivity contribution is 0.0527. The highest BCUT2D eigenvalue weighted by Crippen LogP contribution is 2.16. The quantitative estimate of drug-likeness (QED) is 0.556. The Balaban J connectivity index is 3.01. The Kier molecular flexibility index (Phi) is 2.90. The van der Waals surface area contributed by atoms with Crippen LogP contribution in [0.4, 0.5) is 5.69 Å². The number of nitrogens with two attached hydrogens (primary N) is 1. The summed E-state index contributed by atoms with van der Waals surface area (Å²) in [5.41, 5.74) is 7.55. The van der Waals surface area contributed by atoms with Crippen LogP contribution in [0, 0.1) is 6.92 Å². The second-order valence-electron chi connectivity index (χ2n) is 2.76. The molecule has 0 atom stereocenters. The summed E-state index contributed by atoms with van der Waals surface area (Å²) in [6.07, 6.45) is 0. The number of rotatable bonds is 2. The number of carbonyl (C=O) groups excluding carboxylic acids is 1. The first kappa shape index (κ1) is 9.58. The topological polar surface area (TPSA) is 52.3 Å². The van der Waals surface area contributed by atoms with Crippen LogP contribution in [0.15, 0.2) is 18.2 Å². The van der Waals surface area contributed by atoms with Crippen molar-refractivity contribution in [2.24, 2.45) is 0 Å². The summed E-state index contributed by atoms with van der Waals surface area (Å²) in [5.74, 6) is -0.358. The highest BCUT2D eigenvalue weighted by atomic mass is 16.5. The van der Waals surface area contributed by atoms with Crippen LogP contribution in [0.1, 0.15) is 22.8 Å². The van der Waals surface area contributed by atoms with E-state index in [-0.39, 0.29) is 5.97 Å². The SMILES string of the molecule is CCOC(=O)c1cccc(C)c1N. The van der Waals surface area contributed by atoms with Gasteiger partial charge < -0.3 is 10.5 Å². The number of para-hydroxylation sites is 1. The first-order valence-electron chi connectivity index (χ1n) is 4.19. The van der Waals surface area contributed by atoms with Crippen LogP contribution < -0.4 is 5.73 Å². The van der Waals surface area contributed by atoms with Crippen molar-refractivity contribution in [2.75, 3.05) is 12.3 Å². The summed E-state index contributed by atoms with van der Waals surface area (Å²) < 4.78 is 4.84. The molecule has 0 unspecified atom stereocenters. The average Bonchev–Trinajstić information content (AvgIpc) is 2.10. The van der Waals surface area contributed by atoms with Gasteiger partial charge in [0.2, 0.25) is 0 Å². The van der Waals surface area contributed by atoms with E-state index in [2.05, 4.69) is 0 Å². The molecule has 0 aromatic heterocycles. The van der Waals surface area contributed by atoms with Gasteiger partial charge in [-0.05, 0) is 25.5 Å². The van der Waals surface area contributed by atoms with Gasteiger partial charge in [0.25, 0.3) is 0 Å². The van der Waals surface area contributed by atoms with Crippen LogP contribution >= 0.6 is 0 Å². The zero-order valence-corrected chi connectivity index (χ0v) is 7.83. The molecule has 0 amide bonds. The molecule has 0 spiro atoms. The Labute approximate surface area is 77.5 Å². The second-order valence-corrected chi connectivity index (χ2v) is 2.76. The van der Waals surface area contributed by atoms with Gasteiger partial charge in [0.1, 0.15) is 0 Å². The Hall–Kier alpha value is -1.51. The van der Waals surface area contributed by atoms with Gasteiger partial charge in [-0.15, -0.1) is 0 Å². The minimum atomic E-state index is -0.358. The minimum Gasteiger partial charge on any atom is -0.462 e. The van der Waals surface area contributed by atoms with Crippen molar-refractivity contribution >= 4 is 11.7 Å². The fourth-order valence-electron chi connectivity index (χ4n) is 1.07. The van der Waals surface area contributed by atoms with Crippen LogP contribution in [-0.4, -0.2) is 12.6 Å². The number of hydrogen-bond donors (Lipinski definition) is 1. The maximum atomic E-state index is 11.3. The standard InChI is InChI=1S/C10H13NO2/c1-3-13-10(12)8-6-4-5-7(2)9(8)11/h4-6H,3,11H2,1-2H3. The fraction of sp³-hybridized carbons (Fsp3) is 0.300. The molecule has 3 heteroatoms. The monoisotopic (exact) mass is 179 g/mol. The van der Waals surface area contributed by atoms with Gasteiger partial charge in [-0.3, -0.25) is 0 Å². The molecule has 0 aliphatic carbocycles. The summed E-state index contributed by atoms with van der Waals surface area (Å²) >= 11 is 0. The predicted molar refractivity (Wildman–Crippen MR) is 51.5 cm³/mol. The number of aryl methyl sites for hydroxylation is 1. The summed E-state index contributed by atoms with van der Waals surface area (Å²) in [6.45, 7) is 3.99. The van der Waals surface area contributed by atoms with Gasteiger partial charge in [0, 0.05) is 5.69 Å². The Morgan fingerprint density at radius 1 is 1.54 bits per heavy atom. The molecule has 3 nitrogen and oxygen atoms in total. The molecule has 2 N–H and O–H groups in total. The normalized spacial score (nSPS) is 9.69. The molecule has 0 aliphatic rings. The summed E-state index contributed by atoms with van der Waals surface area (Å²) in [4.78, 5) is 11.3. The van der Waals surface area contributed by atoms with Crippen molar-refractivity contribution in [1.82, 2.24) is 0 Å². The lowest BCUT2D eigenvalue weighted by Gasteiger charge is -2.06. The molecule has 0 aliphatic heterocycles. The molecular weight excluding hydrogens is 166 g/mol. The van der Waals surface area contributed by atoms with Crippen molar-refractivity contribution in [3.8, 4) is 0 Å². The number of benzene rings is 1. The molecule has 0 radical (unpaired) electrons. The van der Waals surface area contributed by atoms with Crippen molar-refractivity contribution in [3.05, 3.63) is 29.3 Å². The van der Waals surface area contributed by atoms with Crippen molar-refractivity contribution < 1.29 is 9.53 Å². The fourth-order valence-corrected chi connectivity index (χ4v) is 1.07. The second kappa shape index (κ2) is 3.94. The first-order valence-corrected chi connectivity index (χ1v) is 4.19. The predicted octanol–water partition coefficient (Wildman–Crippen LogP) is 1.75. The summed E-state index contributed by atoms with van der Waals surface area (Å²) in [6, 6.07) is 5.32. The van der Waals surface area contributed by atoms with E-state index >= 15 is 0 Å². The highest BCUT2D eigenvalue weighted by molar-refractivity contribution is 5.95. The first-order chi connectivity index (χ1) is 6.16. The smallest absolute Gasteiger partial charge is 0.340 e. The molecule has 1 rings (SSSR count). The molecule has 0 saturated heterocycles. The van der Waals surface area contributed by atoms with Crippen LogP contribution in [0.25, 0.3) is 0 Å². The number of anilines is 1. The molecule has 0 heterocycles. The third kappa shape index (κ3) is 1.99. The van der Waals surface area contributed by atoms with E-state index in [4.69, 9.17) is 10.5 Å². The number of carbonyl (C=O) groups is 1. The molecule has 0 saturated carbocycles. The zero-order valence-electron chi connectivity index (χ0n) is 7.83. The van der Waals surface area contributed by atoms with E-state index in [1.807, 2.05) is 13.0 Å². The molecule has 13 heavy (non-hydrogen) atoms. The lowest BCUT2D eigenvalue weighted by atomic mass is 10.1. The molecule has 0 fully saturated rings. The maximum absolute atomic E-state index is 11.3. The largest absolute Gasteiger partial charge is 0.462 e. The maximum Gasteiger partial charge on any atom is 0.340 e. The van der Waals surface area contributed by atoms with E-state index in [9.17, 15) is 4.79 Å². The number of ether oxygens (including phenoxy) is 1. The van der Waals surface area contributed by atoms with E-state index in [0.29, 0.717) is 17.9 Å². The summed E-state index contributed by atoms with van der Waals surface area (Å²) in [7, 11) is 0. The van der Waals surface area contributed by atoms with E-state index in [0.717, 1.165) is 5.56 Å². The Bertz CT molecular complexity index is 321. The highest BCUT2D eigenvalue weighted by Gasteiger charge is 2.10. The summed E-state index contributed by atoms with van der Waals surface area (Å²) in [5, 5.41) is 0. The Morgan fingerprint density at radius 2 is 2.23 bits per heavy atom. The lowest BCUT2D eigenvalue weighted by Crippen LogP contribution is -2.08. The zero-order chi connectivity index (χ0) is 9.84. The van der Waals surface area contributed by atoms with Crippen molar-refractivity contribution in [2.45, 2.75) is 13.8 Å². The van der Waals surface area contributed by atoms with Crippen molar-refractivity contribution in [3.63, 3.8) is 0 Å².